The van der Waals surface area contributed by atoms with E-state index in [9.17, 15) is 13.2 Å². The van der Waals surface area contributed by atoms with Crippen LogP contribution in [0.1, 0.15) is 12.1 Å². The first kappa shape index (κ1) is 18.1. The zero-order valence-electron chi connectivity index (χ0n) is 13.4. The molecule has 126 valence electrons. The highest BCUT2D eigenvalue weighted by atomic mass is 32.2. The van der Waals surface area contributed by atoms with Crippen molar-refractivity contribution in [3.63, 3.8) is 0 Å². The molecule has 2 aromatic heterocycles. The Labute approximate surface area is 145 Å². The van der Waals surface area contributed by atoms with E-state index in [0.29, 0.717) is 10.7 Å². The molecule has 0 aromatic carbocycles. The monoisotopic (exact) mass is 363 g/mol. The van der Waals surface area contributed by atoms with Crippen molar-refractivity contribution in [1.82, 2.24) is 9.97 Å². The van der Waals surface area contributed by atoms with E-state index in [4.69, 9.17) is 6.42 Å². The number of sulfone groups is 1. The van der Waals surface area contributed by atoms with E-state index < -0.39 is 9.84 Å². The van der Waals surface area contributed by atoms with Gasteiger partial charge in [0.15, 0.2) is 0 Å². The first-order valence-electron chi connectivity index (χ1n) is 7.11. The van der Waals surface area contributed by atoms with Gasteiger partial charge in [-0.3, -0.25) is 14.7 Å². The van der Waals surface area contributed by atoms with Crippen molar-refractivity contribution in [1.29, 1.82) is 0 Å². The van der Waals surface area contributed by atoms with Crippen molar-refractivity contribution >= 4 is 32.1 Å². The van der Waals surface area contributed by atoms with Crippen LogP contribution in [0.3, 0.4) is 0 Å². The third kappa shape index (κ3) is 4.63. The Hall–Kier alpha value is -2.24. The zero-order chi connectivity index (χ0) is 17.7. The smallest absolute Gasteiger partial charge is 0.229 e. The summed E-state index contributed by atoms with van der Waals surface area (Å²) in [6.45, 7) is 1.86. The summed E-state index contributed by atoms with van der Waals surface area (Å²) in [5, 5.41) is 1.36. The maximum Gasteiger partial charge on any atom is 0.229 e. The third-order valence-electron chi connectivity index (χ3n) is 3.16. The molecular formula is C16H17N3O3S2. The summed E-state index contributed by atoms with van der Waals surface area (Å²) in [5.41, 5.74) is 1.52. The van der Waals surface area contributed by atoms with Gasteiger partial charge >= 0.3 is 0 Å². The number of aromatic nitrogens is 2. The lowest BCUT2D eigenvalue weighted by molar-refractivity contribution is -0.118. The fourth-order valence-electron chi connectivity index (χ4n) is 2.02. The molecule has 2 aromatic rings. The normalized spacial score (nSPS) is 11.0. The van der Waals surface area contributed by atoms with E-state index in [1.54, 1.807) is 19.3 Å². The highest BCUT2D eigenvalue weighted by molar-refractivity contribution is 7.90. The third-order valence-corrected chi connectivity index (χ3v) is 5.34. The van der Waals surface area contributed by atoms with Crippen LogP contribution >= 0.6 is 11.3 Å². The van der Waals surface area contributed by atoms with E-state index in [1.807, 2.05) is 12.1 Å². The average Bonchev–Trinajstić information content (AvgIpc) is 2.92. The summed E-state index contributed by atoms with van der Waals surface area (Å²) in [5.74, 6) is 1.90. The molecule has 6 nitrogen and oxygen atoms in total. The van der Waals surface area contributed by atoms with Gasteiger partial charge in [0.1, 0.15) is 19.8 Å². The van der Waals surface area contributed by atoms with Gasteiger partial charge in [-0.05, 0) is 19.1 Å². The molecule has 0 saturated heterocycles. The SMILES string of the molecule is C#CCN(C(=O)CCS(C)(=O)=O)c1sc(-c2cccnc2)nc1C. The highest BCUT2D eigenvalue weighted by Crippen LogP contribution is 2.34. The number of nitrogens with zero attached hydrogens (tertiary/aromatic N) is 3. The maximum absolute atomic E-state index is 12.4. The Morgan fingerprint density at radius 3 is 2.79 bits per heavy atom. The van der Waals surface area contributed by atoms with Crippen molar-refractivity contribution in [3.05, 3.63) is 30.2 Å². The molecule has 0 bridgehead atoms. The zero-order valence-corrected chi connectivity index (χ0v) is 15.0. The van der Waals surface area contributed by atoms with E-state index >= 15 is 0 Å². The molecule has 0 radical (unpaired) electrons. The summed E-state index contributed by atoms with van der Waals surface area (Å²) < 4.78 is 22.6. The van der Waals surface area contributed by atoms with Crippen molar-refractivity contribution in [2.75, 3.05) is 23.5 Å². The molecule has 0 atom stereocenters. The minimum atomic E-state index is -3.22. The minimum Gasteiger partial charge on any atom is -0.290 e. The topological polar surface area (TPSA) is 80.2 Å². The molecule has 0 fully saturated rings. The van der Waals surface area contributed by atoms with Crippen LogP contribution in [-0.2, 0) is 14.6 Å². The number of aryl methyl sites for hydroxylation is 1. The summed E-state index contributed by atoms with van der Waals surface area (Å²) >= 11 is 1.33. The van der Waals surface area contributed by atoms with Gasteiger partial charge in [-0.15, -0.1) is 6.42 Å². The van der Waals surface area contributed by atoms with Crippen LogP contribution in [-0.4, -0.2) is 42.8 Å². The van der Waals surface area contributed by atoms with Gasteiger partial charge in [0.25, 0.3) is 0 Å². The molecule has 0 aliphatic rings. The number of amides is 1. The highest BCUT2D eigenvalue weighted by Gasteiger charge is 2.22. The Morgan fingerprint density at radius 1 is 1.46 bits per heavy atom. The molecule has 2 rings (SSSR count). The number of rotatable bonds is 6. The number of pyridine rings is 1. The standard InChI is InChI=1S/C16H17N3O3S2/c1-4-9-19(14(20)7-10-24(3,21)22)16-12(2)18-15(23-16)13-6-5-8-17-11-13/h1,5-6,8,11H,7,9-10H2,2-3H3. The van der Waals surface area contributed by atoms with E-state index in [0.717, 1.165) is 16.8 Å². The van der Waals surface area contributed by atoms with Crippen molar-refractivity contribution < 1.29 is 13.2 Å². The van der Waals surface area contributed by atoms with Gasteiger partial charge in [0, 0.05) is 30.6 Å². The molecule has 0 spiro atoms. The second kappa shape index (κ2) is 7.55. The summed E-state index contributed by atoms with van der Waals surface area (Å²) in [6, 6.07) is 3.69. The van der Waals surface area contributed by atoms with Crippen molar-refractivity contribution in [3.8, 4) is 22.9 Å². The van der Waals surface area contributed by atoms with Gasteiger partial charge < -0.3 is 0 Å². The molecule has 8 heteroatoms. The van der Waals surface area contributed by atoms with Crippen molar-refractivity contribution in [2.45, 2.75) is 13.3 Å². The molecular weight excluding hydrogens is 346 g/mol. The molecule has 0 N–H and O–H groups in total. The Kier molecular flexibility index (Phi) is 5.70. The van der Waals surface area contributed by atoms with E-state index in [2.05, 4.69) is 15.9 Å². The molecule has 2 heterocycles. The molecule has 24 heavy (non-hydrogen) atoms. The predicted molar refractivity (Wildman–Crippen MR) is 95.6 cm³/mol. The summed E-state index contributed by atoms with van der Waals surface area (Å²) in [7, 11) is -3.22. The number of carbonyl (C=O) groups excluding carboxylic acids is 1. The van der Waals surface area contributed by atoms with Gasteiger partial charge in [-0.1, -0.05) is 17.3 Å². The maximum atomic E-state index is 12.4. The number of thiazole rings is 1. The van der Waals surface area contributed by atoms with Gasteiger partial charge in [-0.2, -0.15) is 0 Å². The lowest BCUT2D eigenvalue weighted by atomic mass is 10.3. The first-order chi connectivity index (χ1) is 11.3. The van der Waals surface area contributed by atoms with Crippen LogP contribution in [0.25, 0.3) is 10.6 Å². The minimum absolute atomic E-state index is 0.0676. The Morgan fingerprint density at radius 2 is 2.21 bits per heavy atom. The van der Waals surface area contributed by atoms with Crippen LogP contribution in [0.15, 0.2) is 24.5 Å². The van der Waals surface area contributed by atoms with Gasteiger partial charge in [-0.25, -0.2) is 13.4 Å². The first-order valence-corrected chi connectivity index (χ1v) is 9.99. The second-order valence-electron chi connectivity index (χ2n) is 5.22. The molecule has 0 aliphatic heterocycles. The largest absolute Gasteiger partial charge is 0.290 e. The molecule has 0 aliphatic carbocycles. The molecule has 0 saturated carbocycles. The number of anilines is 1. The summed E-state index contributed by atoms with van der Waals surface area (Å²) in [4.78, 5) is 22.4. The quantitative estimate of drug-likeness (QED) is 0.733. The van der Waals surface area contributed by atoms with Crippen LogP contribution in [0, 0.1) is 19.3 Å². The lowest BCUT2D eigenvalue weighted by Crippen LogP contribution is -2.32. The Bertz CT molecular complexity index is 868. The number of hydrogen-bond donors (Lipinski definition) is 0. The molecule has 0 unspecified atom stereocenters. The van der Waals surface area contributed by atoms with Crippen LogP contribution in [0.4, 0.5) is 5.00 Å². The predicted octanol–water partition coefficient (Wildman–Crippen LogP) is 1.91. The molecule has 1 amide bonds. The lowest BCUT2D eigenvalue weighted by Gasteiger charge is -2.18. The Balaban J connectivity index is 2.30. The van der Waals surface area contributed by atoms with E-state index in [1.165, 1.54) is 16.2 Å². The van der Waals surface area contributed by atoms with Crippen LogP contribution < -0.4 is 4.90 Å². The van der Waals surface area contributed by atoms with Gasteiger partial charge in [0.2, 0.25) is 5.91 Å². The second-order valence-corrected chi connectivity index (χ2v) is 8.45. The van der Waals surface area contributed by atoms with Crippen LogP contribution in [0.5, 0.6) is 0 Å². The average molecular weight is 363 g/mol. The fraction of sp³-hybridized carbons (Fsp3) is 0.312. The van der Waals surface area contributed by atoms with E-state index in [-0.39, 0.29) is 24.6 Å². The van der Waals surface area contributed by atoms with Crippen LogP contribution in [0.2, 0.25) is 0 Å². The van der Waals surface area contributed by atoms with Crippen molar-refractivity contribution in [2.24, 2.45) is 0 Å². The fourth-order valence-corrected chi connectivity index (χ4v) is 3.64. The summed E-state index contributed by atoms with van der Waals surface area (Å²) in [6.07, 6.45) is 9.72. The number of carbonyl (C=O) groups is 1. The number of terminal acetylenes is 1. The number of hydrogen-bond acceptors (Lipinski definition) is 6. The van der Waals surface area contributed by atoms with Gasteiger partial charge in [0.05, 0.1) is 18.0 Å².